The second-order valence-electron chi connectivity index (χ2n) is 2.46. The fourth-order valence-electron chi connectivity index (χ4n) is 0.882. The molecule has 4 heteroatoms. The number of alkyl halides is 3. The van der Waals surface area contributed by atoms with Crippen molar-refractivity contribution >= 4 is 5.69 Å². The summed E-state index contributed by atoms with van der Waals surface area (Å²) in [7, 11) is 0. The van der Waals surface area contributed by atoms with Crippen LogP contribution >= 0.6 is 0 Å². The van der Waals surface area contributed by atoms with Gasteiger partial charge >= 0.3 is 6.18 Å². The zero-order valence-corrected chi connectivity index (χ0v) is 6.15. The Morgan fingerprint density at radius 3 is 2.17 bits per heavy atom. The van der Waals surface area contributed by atoms with Crippen LogP contribution in [0.5, 0.6) is 0 Å². The molecule has 0 saturated heterocycles. The number of nitrogens with two attached hydrogens (primary N) is 1. The molecule has 0 atom stereocenters. The minimum Gasteiger partial charge on any atom is -0.399 e. The van der Waals surface area contributed by atoms with Crippen LogP contribution < -0.4 is 5.73 Å². The van der Waals surface area contributed by atoms with Crippen molar-refractivity contribution in [2.45, 2.75) is 6.18 Å². The average molecular weight is 174 g/mol. The van der Waals surface area contributed by atoms with Crippen LogP contribution in [0, 0.1) is 6.92 Å². The lowest BCUT2D eigenvalue weighted by Crippen LogP contribution is -2.05. The molecule has 0 fully saturated rings. The number of nitrogen functional groups attached to an aromatic ring is 1. The second-order valence-corrected chi connectivity index (χ2v) is 2.46. The molecule has 1 nitrogen and oxygen atoms in total. The summed E-state index contributed by atoms with van der Waals surface area (Å²) in [6.45, 7) is 3.38. The number of benzene rings is 1. The van der Waals surface area contributed by atoms with Crippen LogP contribution in [0.25, 0.3) is 0 Å². The van der Waals surface area contributed by atoms with E-state index in [1.807, 2.05) is 0 Å². The van der Waals surface area contributed by atoms with Crippen LogP contribution in [0.2, 0.25) is 0 Å². The van der Waals surface area contributed by atoms with Gasteiger partial charge in [-0.25, -0.2) is 0 Å². The predicted octanol–water partition coefficient (Wildman–Crippen LogP) is 2.47. The van der Waals surface area contributed by atoms with Crippen molar-refractivity contribution in [2.75, 3.05) is 5.73 Å². The van der Waals surface area contributed by atoms with E-state index >= 15 is 0 Å². The molecule has 1 aromatic rings. The van der Waals surface area contributed by atoms with E-state index in [4.69, 9.17) is 5.73 Å². The van der Waals surface area contributed by atoms with Crippen molar-refractivity contribution in [1.29, 1.82) is 0 Å². The molecule has 0 aliphatic heterocycles. The van der Waals surface area contributed by atoms with E-state index in [2.05, 4.69) is 6.92 Å². The van der Waals surface area contributed by atoms with Crippen molar-refractivity contribution in [3.8, 4) is 0 Å². The van der Waals surface area contributed by atoms with Crippen LogP contribution in [-0.4, -0.2) is 0 Å². The summed E-state index contributed by atoms with van der Waals surface area (Å²) in [5.74, 6) is 0. The zero-order chi connectivity index (χ0) is 9.35. The van der Waals surface area contributed by atoms with E-state index in [1.165, 1.54) is 6.07 Å². The molecule has 0 amide bonds. The molecular formula is C8H7F3N. The van der Waals surface area contributed by atoms with Crippen LogP contribution in [0.1, 0.15) is 11.1 Å². The topological polar surface area (TPSA) is 26.0 Å². The molecule has 2 N–H and O–H groups in total. The molecular weight excluding hydrogens is 167 g/mol. The summed E-state index contributed by atoms with van der Waals surface area (Å²) in [5.41, 5.74) is 4.80. The Hall–Kier alpha value is -1.19. The van der Waals surface area contributed by atoms with Crippen LogP contribution in [0.4, 0.5) is 18.9 Å². The molecule has 65 valence electrons. The van der Waals surface area contributed by atoms with Gasteiger partial charge in [0.05, 0.1) is 5.56 Å². The van der Waals surface area contributed by atoms with Gasteiger partial charge in [-0.1, -0.05) is 0 Å². The molecule has 0 aromatic heterocycles. The molecule has 0 saturated carbocycles. The van der Waals surface area contributed by atoms with Crippen LogP contribution in [0.15, 0.2) is 18.2 Å². The molecule has 0 spiro atoms. The lowest BCUT2D eigenvalue weighted by Gasteiger charge is -2.07. The van der Waals surface area contributed by atoms with Gasteiger partial charge in [0.1, 0.15) is 0 Å². The molecule has 1 rings (SSSR count). The third-order valence-electron chi connectivity index (χ3n) is 1.34. The Bertz CT molecular complexity index is 271. The van der Waals surface area contributed by atoms with Gasteiger partial charge in [-0.05, 0) is 30.7 Å². The van der Waals surface area contributed by atoms with Gasteiger partial charge in [-0.15, -0.1) is 0 Å². The molecule has 0 bridgehead atoms. The summed E-state index contributed by atoms with van der Waals surface area (Å²) >= 11 is 0. The highest BCUT2D eigenvalue weighted by Crippen LogP contribution is 2.30. The first-order valence-corrected chi connectivity index (χ1v) is 3.19. The Balaban J connectivity index is 3.18. The normalized spacial score (nSPS) is 11.7. The van der Waals surface area contributed by atoms with E-state index in [-0.39, 0.29) is 11.3 Å². The number of anilines is 1. The standard InChI is InChI=1S/C8H7F3N/c1-5-2-6(8(9,10)11)4-7(12)3-5/h2-4H,1,12H2. The quantitative estimate of drug-likeness (QED) is 0.600. The summed E-state index contributed by atoms with van der Waals surface area (Å²) < 4.78 is 36.2. The van der Waals surface area contributed by atoms with Gasteiger partial charge in [0, 0.05) is 5.69 Å². The SMILES string of the molecule is [CH2]c1cc(N)cc(C(F)(F)F)c1. The molecule has 0 aliphatic carbocycles. The minimum atomic E-state index is -4.35. The van der Waals surface area contributed by atoms with Gasteiger partial charge in [0.15, 0.2) is 0 Å². The molecule has 0 aliphatic rings. The van der Waals surface area contributed by atoms with Gasteiger partial charge in [0.25, 0.3) is 0 Å². The fourth-order valence-corrected chi connectivity index (χ4v) is 0.882. The minimum absolute atomic E-state index is 0.0785. The van der Waals surface area contributed by atoms with Crippen molar-refractivity contribution < 1.29 is 13.2 Å². The first-order chi connectivity index (χ1) is 5.39. The summed E-state index contributed by atoms with van der Waals surface area (Å²) in [4.78, 5) is 0. The van der Waals surface area contributed by atoms with E-state index in [1.54, 1.807) is 0 Å². The van der Waals surface area contributed by atoms with Gasteiger partial charge in [-0.3, -0.25) is 0 Å². The number of hydrogen-bond acceptors (Lipinski definition) is 1. The Morgan fingerprint density at radius 1 is 1.17 bits per heavy atom. The van der Waals surface area contributed by atoms with E-state index in [0.29, 0.717) is 0 Å². The average Bonchev–Trinajstić information content (AvgIpc) is 1.82. The highest BCUT2D eigenvalue weighted by atomic mass is 19.4. The molecule has 1 radical (unpaired) electrons. The third-order valence-corrected chi connectivity index (χ3v) is 1.34. The Kier molecular flexibility index (Phi) is 2.00. The van der Waals surface area contributed by atoms with Gasteiger partial charge < -0.3 is 5.73 Å². The van der Waals surface area contributed by atoms with Crippen LogP contribution in [-0.2, 0) is 6.18 Å². The molecule has 0 heterocycles. The predicted molar refractivity (Wildman–Crippen MR) is 40.3 cm³/mol. The number of hydrogen-bond donors (Lipinski definition) is 1. The maximum atomic E-state index is 12.1. The molecule has 1 aromatic carbocycles. The summed E-state index contributed by atoms with van der Waals surface area (Å²) in [6.07, 6.45) is -4.35. The van der Waals surface area contributed by atoms with E-state index in [0.717, 1.165) is 12.1 Å². The lowest BCUT2D eigenvalue weighted by molar-refractivity contribution is -0.137. The van der Waals surface area contributed by atoms with Crippen molar-refractivity contribution in [1.82, 2.24) is 0 Å². The number of halogens is 3. The Labute approximate surface area is 68.0 Å². The first kappa shape index (κ1) is 8.90. The largest absolute Gasteiger partial charge is 0.416 e. The lowest BCUT2D eigenvalue weighted by atomic mass is 10.1. The maximum absolute atomic E-state index is 12.1. The van der Waals surface area contributed by atoms with Crippen molar-refractivity contribution in [3.05, 3.63) is 36.2 Å². The summed E-state index contributed by atoms with van der Waals surface area (Å²) in [5, 5.41) is 0. The second kappa shape index (κ2) is 2.69. The first-order valence-electron chi connectivity index (χ1n) is 3.19. The smallest absolute Gasteiger partial charge is 0.399 e. The molecule has 12 heavy (non-hydrogen) atoms. The van der Waals surface area contributed by atoms with Crippen molar-refractivity contribution in [3.63, 3.8) is 0 Å². The maximum Gasteiger partial charge on any atom is 0.416 e. The van der Waals surface area contributed by atoms with Crippen molar-refractivity contribution in [2.24, 2.45) is 0 Å². The Morgan fingerprint density at radius 2 is 1.75 bits per heavy atom. The van der Waals surface area contributed by atoms with E-state index < -0.39 is 11.7 Å². The molecule has 0 unspecified atom stereocenters. The monoisotopic (exact) mass is 174 g/mol. The summed E-state index contributed by atoms with van der Waals surface area (Å²) in [6, 6.07) is 3.22. The van der Waals surface area contributed by atoms with E-state index in [9.17, 15) is 13.2 Å². The highest BCUT2D eigenvalue weighted by Gasteiger charge is 2.30. The van der Waals surface area contributed by atoms with Gasteiger partial charge in [-0.2, -0.15) is 13.2 Å². The third kappa shape index (κ3) is 1.90. The highest BCUT2D eigenvalue weighted by molar-refractivity contribution is 5.46. The van der Waals surface area contributed by atoms with Crippen LogP contribution in [0.3, 0.4) is 0 Å². The fraction of sp³-hybridized carbons (Fsp3) is 0.125. The van der Waals surface area contributed by atoms with Gasteiger partial charge in [0.2, 0.25) is 0 Å². The number of rotatable bonds is 0. The zero-order valence-electron chi connectivity index (χ0n) is 6.15.